The maximum Gasteiger partial charge on any atom is 0.244 e. The summed E-state index contributed by atoms with van der Waals surface area (Å²) in [6.45, 7) is 3.89. The Kier molecular flexibility index (Phi) is 5.50. The zero-order chi connectivity index (χ0) is 19.5. The predicted molar refractivity (Wildman–Crippen MR) is 103 cm³/mol. The van der Waals surface area contributed by atoms with E-state index in [1.807, 2.05) is 11.8 Å². The van der Waals surface area contributed by atoms with Crippen molar-refractivity contribution in [3.63, 3.8) is 0 Å². The lowest BCUT2D eigenvalue weighted by atomic mass is 10.1. The largest absolute Gasteiger partial charge is 0.476 e. The molecule has 1 aliphatic rings. The molecule has 0 bridgehead atoms. The Labute approximate surface area is 163 Å². The van der Waals surface area contributed by atoms with E-state index in [1.165, 1.54) is 0 Å². The molecule has 3 aromatic heterocycles. The van der Waals surface area contributed by atoms with Crippen molar-refractivity contribution in [2.45, 2.75) is 25.8 Å². The molecule has 28 heavy (non-hydrogen) atoms. The summed E-state index contributed by atoms with van der Waals surface area (Å²) in [5, 5.41) is 14.7. The van der Waals surface area contributed by atoms with Gasteiger partial charge >= 0.3 is 0 Å². The predicted octanol–water partition coefficient (Wildman–Crippen LogP) is 0.969. The van der Waals surface area contributed by atoms with Gasteiger partial charge in [0.05, 0.1) is 19.0 Å². The van der Waals surface area contributed by atoms with E-state index in [0.717, 1.165) is 31.5 Å². The van der Waals surface area contributed by atoms with E-state index >= 15 is 0 Å². The molecule has 0 amide bonds. The number of fused-ring (bicyclic) bond motifs is 1. The number of aromatic nitrogens is 6. The van der Waals surface area contributed by atoms with E-state index in [9.17, 15) is 4.21 Å². The van der Waals surface area contributed by atoms with Gasteiger partial charge in [0.15, 0.2) is 16.7 Å². The van der Waals surface area contributed by atoms with Crippen molar-refractivity contribution < 1.29 is 13.5 Å². The lowest BCUT2D eigenvalue weighted by Crippen LogP contribution is -2.40. The topological polar surface area (TPSA) is 134 Å². The fourth-order valence-electron chi connectivity index (χ4n) is 3.29. The molecule has 1 aliphatic heterocycles. The molecular formula is C16H22N8O3S. The normalized spacial score (nSPS) is 17.1. The lowest BCUT2D eigenvalue weighted by molar-refractivity contribution is 0.247. The Morgan fingerprint density at radius 2 is 2.21 bits per heavy atom. The van der Waals surface area contributed by atoms with Crippen LogP contribution in [0.3, 0.4) is 0 Å². The number of H-pyrrole nitrogens is 1. The summed E-state index contributed by atoms with van der Waals surface area (Å²) in [4.78, 5) is 11.0. The highest BCUT2D eigenvalue weighted by molar-refractivity contribution is 7.79. The van der Waals surface area contributed by atoms with Crippen LogP contribution in [0.25, 0.3) is 16.9 Å². The molecule has 0 aliphatic carbocycles. The SMILES string of the molecule is CCOc1c(-c2cn[nH]c2)ncc2nc(NC3CCN(CS(=O)O)CC3)nn12. The maximum atomic E-state index is 10.9. The number of nitrogens with zero attached hydrogens (tertiary/aromatic N) is 6. The molecule has 3 aromatic rings. The van der Waals surface area contributed by atoms with Gasteiger partial charge in [-0.25, -0.2) is 9.19 Å². The van der Waals surface area contributed by atoms with Gasteiger partial charge in [-0.05, 0) is 19.8 Å². The van der Waals surface area contributed by atoms with Crippen molar-refractivity contribution in [1.82, 2.24) is 34.7 Å². The molecule has 4 rings (SSSR count). The highest BCUT2D eigenvalue weighted by Crippen LogP contribution is 2.28. The first-order valence-electron chi connectivity index (χ1n) is 9.08. The molecule has 0 saturated carbocycles. The zero-order valence-corrected chi connectivity index (χ0v) is 16.2. The summed E-state index contributed by atoms with van der Waals surface area (Å²) < 4.78 is 27.4. The van der Waals surface area contributed by atoms with Gasteiger partial charge in [-0.15, -0.1) is 5.10 Å². The second-order valence-corrected chi connectivity index (χ2v) is 7.43. The highest BCUT2D eigenvalue weighted by Gasteiger charge is 2.22. The van der Waals surface area contributed by atoms with E-state index in [4.69, 9.17) is 9.29 Å². The third-order valence-corrected chi connectivity index (χ3v) is 5.19. The minimum atomic E-state index is -1.79. The van der Waals surface area contributed by atoms with Gasteiger partial charge in [0.1, 0.15) is 11.6 Å². The summed E-state index contributed by atoms with van der Waals surface area (Å²) in [6.07, 6.45) is 6.79. The Balaban J connectivity index is 1.53. The van der Waals surface area contributed by atoms with E-state index in [0.29, 0.717) is 29.8 Å². The van der Waals surface area contributed by atoms with Crippen LogP contribution in [0, 0.1) is 0 Å². The smallest absolute Gasteiger partial charge is 0.244 e. The average molecular weight is 406 g/mol. The number of hydrogen-bond acceptors (Lipinski definition) is 8. The minimum absolute atomic E-state index is 0.194. The molecule has 12 heteroatoms. The van der Waals surface area contributed by atoms with Gasteiger partial charge in [-0.1, -0.05) is 0 Å². The van der Waals surface area contributed by atoms with Gasteiger partial charge in [0.25, 0.3) is 0 Å². The van der Waals surface area contributed by atoms with Gasteiger partial charge in [0, 0.05) is 30.9 Å². The third-order valence-electron chi connectivity index (χ3n) is 4.60. The number of nitrogens with one attached hydrogen (secondary N) is 2. The van der Waals surface area contributed by atoms with Crippen LogP contribution < -0.4 is 10.1 Å². The summed E-state index contributed by atoms with van der Waals surface area (Å²) >= 11 is -1.79. The van der Waals surface area contributed by atoms with Crippen LogP contribution >= 0.6 is 0 Å². The van der Waals surface area contributed by atoms with Gasteiger partial charge in [-0.2, -0.15) is 14.6 Å². The molecule has 4 heterocycles. The molecule has 0 aromatic carbocycles. The minimum Gasteiger partial charge on any atom is -0.476 e. The summed E-state index contributed by atoms with van der Waals surface area (Å²) in [7, 11) is 0. The quantitative estimate of drug-likeness (QED) is 0.491. The first-order valence-corrected chi connectivity index (χ1v) is 10.4. The van der Waals surface area contributed by atoms with Crippen molar-refractivity contribution in [2.24, 2.45) is 0 Å². The second kappa shape index (κ2) is 8.20. The van der Waals surface area contributed by atoms with Crippen LogP contribution in [-0.4, -0.2) is 75.1 Å². The second-order valence-electron chi connectivity index (χ2n) is 6.52. The molecule has 3 N–H and O–H groups in total. The molecule has 1 saturated heterocycles. The Morgan fingerprint density at radius 3 is 2.89 bits per heavy atom. The molecular weight excluding hydrogens is 384 g/mol. The molecule has 0 radical (unpaired) electrons. The molecule has 1 atom stereocenters. The lowest BCUT2D eigenvalue weighted by Gasteiger charge is -2.30. The van der Waals surface area contributed by atoms with Gasteiger partial charge < -0.3 is 14.6 Å². The Bertz CT molecular complexity index is 952. The number of piperidine rings is 1. The summed E-state index contributed by atoms with van der Waals surface area (Å²) in [6, 6.07) is 0.206. The van der Waals surface area contributed by atoms with Crippen LogP contribution in [0.1, 0.15) is 19.8 Å². The van der Waals surface area contributed by atoms with Crippen molar-refractivity contribution in [3.05, 3.63) is 18.6 Å². The number of aromatic amines is 1. The first kappa shape index (κ1) is 18.8. The van der Waals surface area contributed by atoms with Crippen LogP contribution in [0.4, 0.5) is 5.95 Å². The molecule has 11 nitrogen and oxygen atoms in total. The summed E-state index contributed by atoms with van der Waals surface area (Å²) in [5.41, 5.74) is 2.04. The first-order chi connectivity index (χ1) is 13.6. The van der Waals surface area contributed by atoms with E-state index in [1.54, 1.807) is 23.1 Å². The van der Waals surface area contributed by atoms with Crippen LogP contribution in [-0.2, 0) is 11.1 Å². The van der Waals surface area contributed by atoms with E-state index in [-0.39, 0.29) is 11.9 Å². The van der Waals surface area contributed by atoms with Gasteiger partial charge in [-0.3, -0.25) is 10.00 Å². The molecule has 1 unspecified atom stereocenters. The van der Waals surface area contributed by atoms with E-state index < -0.39 is 11.1 Å². The molecule has 150 valence electrons. The fraction of sp³-hybridized carbons (Fsp3) is 0.500. The monoisotopic (exact) mass is 406 g/mol. The Morgan fingerprint density at radius 1 is 1.39 bits per heavy atom. The highest BCUT2D eigenvalue weighted by atomic mass is 32.2. The van der Waals surface area contributed by atoms with Crippen molar-refractivity contribution in [2.75, 3.05) is 30.9 Å². The molecule has 1 fully saturated rings. The van der Waals surface area contributed by atoms with Crippen LogP contribution in [0.5, 0.6) is 5.88 Å². The number of hydrogen-bond donors (Lipinski definition) is 3. The summed E-state index contributed by atoms with van der Waals surface area (Å²) in [5.74, 6) is 1.22. The Hall–Kier alpha value is -2.57. The van der Waals surface area contributed by atoms with Gasteiger partial charge in [0.2, 0.25) is 11.8 Å². The van der Waals surface area contributed by atoms with Crippen molar-refractivity contribution >= 4 is 22.7 Å². The average Bonchev–Trinajstić information content (AvgIpc) is 3.33. The number of anilines is 1. The van der Waals surface area contributed by atoms with Crippen molar-refractivity contribution in [1.29, 1.82) is 0 Å². The zero-order valence-electron chi connectivity index (χ0n) is 15.4. The number of likely N-dealkylation sites (tertiary alicyclic amines) is 1. The van der Waals surface area contributed by atoms with E-state index in [2.05, 4.69) is 30.6 Å². The number of rotatable bonds is 7. The fourth-order valence-corrected chi connectivity index (χ4v) is 3.86. The van der Waals surface area contributed by atoms with Crippen molar-refractivity contribution in [3.8, 4) is 17.1 Å². The molecule has 0 spiro atoms. The standard InChI is InChI=1S/C16H22N8O3S/c1-2-27-15-14(11-7-18-19-8-11)17-9-13-21-16(22-24(13)15)20-12-3-5-23(6-4-12)10-28(25)26/h7-9,12H,2-6,10H2,1H3,(H,18,19)(H,20,22)(H,25,26). The van der Waals surface area contributed by atoms with Crippen LogP contribution in [0.15, 0.2) is 18.6 Å². The van der Waals surface area contributed by atoms with Crippen LogP contribution in [0.2, 0.25) is 0 Å². The third kappa shape index (κ3) is 3.98. The maximum absolute atomic E-state index is 10.9. The number of ether oxygens (including phenoxy) is 1.